The van der Waals surface area contributed by atoms with Crippen molar-refractivity contribution in [2.45, 2.75) is 54.0 Å². The second kappa shape index (κ2) is 13.7. The quantitative estimate of drug-likeness (QED) is 0.176. The zero-order chi connectivity index (χ0) is 25.8. The predicted molar refractivity (Wildman–Crippen MR) is 146 cm³/mol. The smallest absolute Gasteiger partial charge is 0.273 e. The van der Waals surface area contributed by atoms with E-state index in [-0.39, 0.29) is 17.2 Å². The minimum absolute atomic E-state index is 0.0266. The summed E-state index contributed by atoms with van der Waals surface area (Å²) >= 11 is 0. The molecule has 6 heteroatoms. The molecule has 3 aromatic carbocycles. The molecule has 0 saturated heterocycles. The maximum absolute atomic E-state index is 12.6. The number of anilines is 1. The first kappa shape index (κ1) is 27.3. The lowest BCUT2D eigenvalue weighted by atomic mass is 9.96. The Morgan fingerprint density at radius 2 is 1.54 bits per heavy atom. The molecule has 0 saturated carbocycles. The van der Waals surface area contributed by atoms with Crippen LogP contribution in [0.3, 0.4) is 0 Å². The number of benzene rings is 3. The summed E-state index contributed by atoms with van der Waals surface area (Å²) in [5.74, 6) is -0.358. The van der Waals surface area contributed by atoms with E-state index in [1.54, 1.807) is 6.07 Å². The van der Waals surface area contributed by atoms with Crippen molar-refractivity contribution >= 4 is 23.0 Å². The largest absolute Gasteiger partial charge is 0.505 e. The van der Waals surface area contributed by atoms with E-state index in [0.29, 0.717) is 18.7 Å². The van der Waals surface area contributed by atoms with E-state index >= 15 is 0 Å². The molecule has 0 aliphatic heterocycles. The Morgan fingerprint density at radius 3 is 2.17 bits per heavy atom. The standard InChI is InChI=1S/C27H30N4O2.C2H6/c1-18-9-7-10-19(2)23(18)16-15-22-13-8-14-24(26(22)32)30-31-25(20(3)28)27(33)29-17-21-11-5-4-6-12-21;1-2/h4-14,28,30,32H,15-17H2,1-3H3,(H,29,33);1-2H3/b28-20?,31-25-;. The van der Waals surface area contributed by atoms with Crippen LogP contribution in [0, 0.1) is 19.3 Å². The number of nitrogens with one attached hydrogen (secondary N) is 3. The van der Waals surface area contributed by atoms with Crippen LogP contribution in [0.15, 0.2) is 71.8 Å². The Kier molecular flexibility index (Phi) is 10.7. The van der Waals surface area contributed by atoms with Crippen molar-refractivity contribution in [1.82, 2.24) is 5.32 Å². The van der Waals surface area contributed by atoms with E-state index in [2.05, 4.69) is 41.8 Å². The normalized spacial score (nSPS) is 10.7. The van der Waals surface area contributed by atoms with Gasteiger partial charge in [-0.3, -0.25) is 10.2 Å². The fourth-order valence-electron chi connectivity index (χ4n) is 3.67. The highest BCUT2D eigenvalue weighted by Crippen LogP contribution is 2.29. The number of nitrogens with zero attached hydrogens (tertiary/aromatic N) is 1. The number of amides is 1. The summed E-state index contributed by atoms with van der Waals surface area (Å²) in [6, 6.07) is 21.2. The van der Waals surface area contributed by atoms with Crippen molar-refractivity contribution in [3.8, 4) is 5.75 Å². The molecule has 1 amide bonds. The second-order valence-corrected chi connectivity index (χ2v) is 8.05. The molecule has 0 radical (unpaired) electrons. The zero-order valence-corrected chi connectivity index (χ0v) is 21.3. The summed E-state index contributed by atoms with van der Waals surface area (Å²) in [7, 11) is 0. The number of phenolic OH excluding ortho intramolecular Hbond substituents is 1. The summed E-state index contributed by atoms with van der Waals surface area (Å²) in [5.41, 5.74) is 8.66. The molecular weight excluding hydrogens is 436 g/mol. The number of carbonyl (C=O) groups excluding carboxylic acids is 1. The van der Waals surface area contributed by atoms with Crippen LogP contribution >= 0.6 is 0 Å². The third-order valence-corrected chi connectivity index (χ3v) is 5.56. The van der Waals surface area contributed by atoms with Crippen LogP contribution in [0.4, 0.5) is 5.69 Å². The van der Waals surface area contributed by atoms with Crippen molar-refractivity contribution in [3.63, 3.8) is 0 Å². The van der Waals surface area contributed by atoms with E-state index < -0.39 is 5.91 Å². The molecule has 0 aliphatic rings. The van der Waals surface area contributed by atoms with Gasteiger partial charge in [0.1, 0.15) is 5.75 Å². The number of rotatable bonds is 9. The highest BCUT2D eigenvalue weighted by molar-refractivity contribution is 6.66. The summed E-state index contributed by atoms with van der Waals surface area (Å²) < 4.78 is 0. The van der Waals surface area contributed by atoms with E-state index in [4.69, 9.17) is 5.41 Å². The minimum Gasteiger partial charge on any atom is -0.505 e. The molecule has 0 heterocycles. The van der Waals surface area contributed by atoms with Crippen LogP contribution in [0.25, 0.3) is 0 Å². The molecule has 0 fully saturated rings. The molecule has 184 valence electrons. The number of carbonyl (C=O) groups is 1. The summed E-state index contributed by atoms with van der Waals surface area (Å²) in [6.07, 6.45) is 1.48. The number of hydrogen-bond donors (Lipinski definition) is 4. The molecule has 4 N–H and O–H groups in total. The molecular formula is C29H36N4O2. The summed E-state index contributed by atoms with van der Waals surface area (Å²) in [6.45, 7) is 10.0. The van der Waals surface area contributed by atoms with Crippen LogP contribution in [0.5, 0.6) is 5.75 Å². The Labute approximate surface area is 208 Å². The average molecular weight is 473 g/mol. The number of para-hydroxylation sites is 1. The van der Waals surface area contributed by atoms with Gasteiger partial charge in [-0.2, -0.15) is 5.10 Å². The summed E-state index contributed by atoms with van der Waals surface area (Å²) in [4.78, 5) is 12.6. The van der Waals surface area contributed by atoms with Crippen LogP contribution in [-0.4, -0.2) is 22.4 Å². The lowest BCUT2D eigenvalue weighted by Crippen LogP contribution is -2.35. The van der Waals surface area contributed by atoms with Gasteiger partial charge in [0, 0.05) is 6.54 Å². The molecule has 0 aromatic heterocycles. The van der Waals surface area contributed by atoms with Crippen molar-refractivity contribution in [2.24, 2.45) is 5.10 Å². The maximum atomic E-state index is 12.6. The molecule has 35 heavy (non-hydrogen) atoms. The van der Waals surface area contributed by atoms with Crippen LogP contribution in [0.1, 0.15) is 48.6 Å². The van der Waals surface area contributed by atoms with Gasteiger partial charge >= 0.3 is 0 Å². The number of hydrazone groups is 1. The fourth-order valence-corrected chi connectivity index (χ4v) is 3.67. The molecule has 3 rings (SSSR count). The molecule has 0 atom stereocenters. The monoisotopic (exact) mass is 472 g/mol. The Hall–Kier alpha value is -3.93. The van der Waals surface area contributed by atoms with Crippen LogP contribution in [-0.2, 0) is 24.2 Å². The number of hydrogen-bond acceptors (Lipinski definition) is 5. The van der Waals surface area contributed by atoms with Gasteiger partial charge in [-0.15, -0.1) is 0 Å². The Balaban J connectivity index is 0.00000210. The molecule has 0 spiro atoms. The highest BCUT2D eigenvalue weighted by atomic mass is 16.3. The zero-order valence-electron chi connectivity index (χ0n) is 21.3. The number of aryl methyl sites for hydroxylation is 3. The van der Waals surface area contributed by atoms with Gasteiger partial charge < -0.3 is 15.8 Å². The Bertz CT molecular complexity index is 1150. The first-order chi connectivity index (χ1) is 16.9. The van der Waals surface area contributed by atoms with Crippen molar-refractivity contribution < 1.29 is 9.90 Å². The number of phenols is 1. The highest BCUT2D eigenvalue weighted by Gasteiger charge is 2.15. The van der Waals surface area contributed by atoms with Gasteiger partial charge in [-0.05, 0) is 67.5 Å². The third-order valence-electron chi connectivity index (χ3n) is 5.56. The van der Waals surface area contributed by atoms with Gasteiger partial charge in [0.25, 0.3) is 5.91 Å². The van der Waals surface area contributed by atoms with Gasteiger partial charge in [0.2, 0.25) is 0 Å². The Morgan fingerprint density at radius 1 is 0.914 bits per heavy atom. The molecule has 0 aliphatic carbocycles. The fraction of sp³-hybridized carbons (Fsp3) is 0.276. The van der Waals surface area contributed by atoms with E-state index in [0.717, 1.165) is 17.5 Å². The van der Waals surface area contributed by atoms with Crippen molar-refractivity contribution in [2.75, 3.05) is 5.43 Å². The van der Waals surface area contributed by atoms with Gasteiger partial charge in [-0.1, -0.05) is 74.5 Å². The second-order valence-electron chi connectivity index (χ2n) is 8.05. The first-order valence-electron chi connectivity index (χ1n) is 11.9. The van der Waals surface area contributed by atoms with Crippen molar-refractivity contribution in [3.05, 3.63) is 94.5 Å². The molecule has 3 aromatic rings. The molecule has 0 unspecified atom stereocenters. The van der Waals surface area contributed by atoms with Gasteiger partial charge in [0.15, 0.2) is 5.71 Å². The topological polar surface area (TPSA) is 97.6 Å². The predicted octanol–water partition coefficient (Wildman–Crippen LogP) is 5.94. The van der Waals surface area contributed by atoms with E-state index in [9.17, 15) is 9.90 Å². The molecule has 0 bridgehead atoms. The lowest BCUT2D eigenvalue weighted by molar-refractivity contribution is -0.114. The first-order valence-corrected chi connectivity index (χ1v) is 11.9. The van der Waals surface area contributed by atoms with E-state index in [1.807, 2.05) is 62.4 Å². The molecule has 6 nitrogen and oxygen atoms in total. The van der Waals surface area contributed by atoms with Gasteiger partial charge in [0.05, 0.1) is 11.4 Å². The van der Waals surface area contributed by atoms with Crippen LogP contribution in [0.2, 0.25) is 0 Å². The maximum Gasteiger partial charge on any atom is 0.273 e. The number of aromatic hydroxyl groups is 1. The summed E-state index contributed by atoms with van der Waals surface area (Å²) in [5, 5.41) is 25.6. The van der Waals surface area contributed by atoms with E-state index in [1.165, 1.54) is 23.6 Å². The minimum atomic E-state index is -0.454. The van der Waals surface area contributed by atoms with Crippen LogP contribution < -0.4 is 10.7 Å². The average Bonchev–Trinajstić information content (AvgIpc) is 2.86. The lowest BCUT2D eigenvalue weighted by Gasteiger charge is -2.13. The third kappa shape index (κ3) is 7.81. The van der Waals surface area contributed by atoms with Crippen molar-refractivity contribution in [1.29, 1.82) is 5.41 Å². The SMILES string of the molecule is CC.CC(=N)/C(=N/Nc1cccc(CCc2c(C)cccc2C)c1O)C(=O)NCc1ccccc1. The van der Waals surface area contributed by atoms with Gasteiger partial charge in [-0.25, -0.2) is 0 Å².